The van der Waals surface area contributed by atoms with Gasteiger partial charge >= 0.3 is 11.9 Å². The Balaban J connectivity index is 1.38. The van der Waals surface area contributed by atoms with Crippen LogP contribution in [0.3, 0.4) is 0 Å². The summed E-state index contributed by atoms with van der Waals surface area (Å²) in [5.74, 6) is -0.979. The van der Waals surface area contributed by atoms with Crippen molar-refractivity contribution >= 4 is 17.6 Å². The van der Waals surface area contributed by atoms with Gasteiger partial charge in [-0.3, -0.25) is 19.7 Å². The van der Waals surface area contributed by atoms with E-state index in [-0.39, 0.29) is 62.7 Å². The molecule has 1 aromatic rings. The molecule has 0 aliphatic carbocycles. The summed E-state index contributed by atoms with van der Waals surface area (Å²) in [7, 11) is 0. The van der Waals surface area contributed by atoms with Crippen molar-refractivity contribution in [1.82, 2.24) is 0 Å². The summed E-state index contributed by atoms with van der Waals surface area (Å²) in [6.07, 6.45) is 0.379. The molecular formula is C20H25NO10. The van der Waals surface area contributed by atoms with Crippen molar-refractivity contribution in [1.29, 1.82) is 0 Å². The number of nitrogens with zero attached hydrogens (tertiary/aromatic N) is 1. The van der Waals surface area contributed by atoms with Gasteiger partial charge < -0.3 is 28.4 Å². The maximum absolute atomic E-state index is 11.8. The first kappa shape index (κ1) is 23.1. The summed E-state index contributed by atoms with van der Waals surface area (Å²) in [6.45, 7) is 2.34. The molecule has 2 atom stereocenters. The second-order valence-electron chi connectivity index (χ2n) is 7.10. The number of nitro benzene ring substituents is 1. The van der Waals surface area contributed by atoms with E-state index < -0.39 is 16.9 Å². The highest BCUT2D eigenvalue weighted by Gasteiger charge is 2.23. The summed E-state index contributed by atoms with van der Waals surface area (Å²) >= 11 is 0. The number of carbonyl (C=O) groups excluding carboxylic acids is 2. The second kappa shape index (κ2) is 11.7. The molecule has 0 amide bonds. The molecule has 0 bridgehead atoms. The van der Waals surface area contributed by atoms with E-state index in [9.17, 15) is 19.7 Å². The Hall–Kier alpha value is -2.60. The van der Waals surface area contributed by atoms with Crippen molar-refractivity contribution in [2.45, 2.75) is 38.3 Å². The maximum Gasteiger partial charge on any atom is 0.308 e. The van der Waals surface area contributed by atoms with Gasteiger partial charge in [0.05, 0.1) is 63.0 Å². The Morgan fingerprint density at radius 1 is 0.968 bits per heavy atom. The van der Waals surface area contributed by atoms with E-state index in [0.29, 0.717) is 32.0 Å². The molecule has 0 N–H and O–H groups in total. The molecule has 2 aliphatic rings. The summed E-state index contributed by atoms with van der Waals surface area (Å²) in [5.41, 5.74) is 0.491. The molecule has 170 valence electrons. The van der Waals surface area contributed by atoms with E-state index in [0.717, 1.165) is 0 Å². The smallest absolute Gasteiger partial charge is 0.308 e. The van der Waals surface area contributed by atoms with Gasteiger partial charge in [0.15, 0.2) is 0 Å². The maximum atomic E-state index is 11.8. The highest BCUT2D eigenvalue weighted by molar-refractivity contribution is 5.70. The van der Waals surface area contributed by atoms with Crippen LogP contribution in [0.1, 0.15) is 24.0 Å². The Kier molecular flexibility index (Phi) is 8.71. The number of nitro groups is 1. The fourth-order valence-corrected chi connectivity index (χ4v) is 2.53. The molecule has 0 spiro atoms. The fourth-order valence-electron chi connectivity index (χ4n) is 2.53. The van der Waals surface area contributed by atoms with Crippen LogP contribution in [-0.4, -0.2) is 68.7 Å². The average molecular weight is 439 g/mol. The van der Waals surface area contributed by atoms with E-state index >= 15 is 0 Å². The fraction of sp³-hybridized carbons (Fsp3) is 0.600. The SMILES string of the molecule is O=C(CCOCC1CO1)OCc1ccc(COC(=O)CCOCC2CO2)c([N+](=O)[O-])c1. The molecule has 2 aliphatic heterocycles. The van der Waals surface area contributed by atoms with Crippen LogP contribution < -0.4 is 0 Å². The molecule has 11 nitrogen and oxygen atoms in total. The Morgan fingerprint density at radius 2 is 1.52 bits per heavy atom. The number of hydrogen-bond donors (Lipinski definition) is 0. The molecule has 1 aromatic carbocycles. The number of hydrogen-bond acceptors (Lipinski definition) is 10. The Morgan fingerprint density at radius 3 is 2.03 bits per heavy atom. The quantitative estimate of drug-likeness (QED) is 0.129. The van der Waals surface area contributed by atoms with Gasteiger partial charge in [0.2, 0.25) is 0 Å². The lowest BCUT2D eigenvalue weighted by atomic mass is 10.1. The van der Waals surface area contributed by atoms with E-state index in [1.54, 1.807) is 6.07 Å². The molecule has 0 aromatic heterocycles. The molecule has 0 radical (unpaired) electrons. The first-order chi connectivity index (χ1) is 15.0. The van der Waals surface area contributed by atoms with Crippen molar-refractivity contribution in [2.24, 2.45) is 0 Å². The lowest BCUT2D eigenvalue weighted by molar-refractivity contribution is -0.385. The third kappa shape index (κ3) is 8.97. The van der Waals surface area contributed by atoms with Crippen LogP contribution in [0.25, 0.3) is 0 Å². The molecule has 31 heavy (non-hydrogen) atoms. The molecule has 2 unspecified atom stereocenters. The molecule has 3 rings (SSSR count). The van der Waals surface area contributed by atoms with E-state index in [1.165, 1.54) is 12.1 Å². The van der Waals surface area contributed by atoms with Crippen molar-refractivity contribution < 1.29 is 42.9 Å². The first-order valence-electron chi connectivity index (χ1n) is 9.97. The van der Waals surface area contributed by atoms with E-state index in [1.807, 2.05) is 0 Å². The van der Waals surface area contributed by atoms with Gasteiger partial charge in [0.25, 0.3) is 5.69 Å². The first-order valence-corrected chi connectivity index (χ1v) is 9.97. The lowest BCUT2D eigenvalue weighted by Crippen LogP contribution is -2.12. The number of ether oxygens (including phenoxy) is 6. The van der Waals surface area contributed by atoms with Gasteiger partial charge in [-0.15, -0.1) is 0 Å². The van der Waals surface area contributed by atoms with Crippen molar-refractivity contribution in [3.8, 4) is 0 Å². The van der Waals surface area contributed by atoms with Crippen LogP contribution in [0, 0.1) is 10.1 Å². The number of benzene rings is 1. The van der Waals surface area contributed by atoms with E-state index in [4.69, 9.17) is 28.4 Å². The molecule has 2 saturated heterocycles. The van der Waals surface area contributed by atoms with Crippen LogP contribution >= 0.6 is 0 Å². The highest BCUT2D eigenvalue weighted by Crippen LogP contribution is 2.22. The number of epoxide rings is 2. The van der Waals surface area contributed by atoms with Gasteiger partial charge in [0.1, 0.15) is 25.4 Å². The largest absolute Gasteiger partial charge is 0.461 e. The van der Waals surface area contributed by atoms with Crippen LogP contribution in [0.5, 0.6) is 0 Å². The summed E-state index contributed by atoms with van der Waals surface area (Å²) in [5, 5.41) is 11.4. The van der Waals surface area contributed by atoms with Crippen molar-refractivity contribution in [2.75, 3.05) is 39.6 Å². The normalized spacial score (nSPS) is 19.0. The number of esters is 2. The van der Waals surface area contributed by atoms with Gasteiger partial charge in [-0.25, -0.2) is 0 Å². The minimum Gasteiger partial charge on any atom is -0.461 e. The molecule has 2 heterocycles. The van der Waals surface area contributed by atoms with Crippen LogP contribution in [0.15, 0.2) is 18.2 Å². The minimum atomic E-state index is -0.568. The number of rotatable bonds is 15. The highest BCUT2D eigenvalue weighted by atomic mass is 16.6. The molecular weight excluding hydrogens is 414 g/mol. The average Bonchev–Trinajstić information content (AvgIpc) is 3.67. The van der Waals surface area contributed by atoms with Gasteiger partial charge in [-0.05, 0) is 11.6 Å². The second-order valence-corrected chi connectivity index (χ2v) is 7.10. The monoisotopic (exact) mass is 439 g/mol. The van der Waals surface area contributed by atoms with Crippen molar-refractivity contribution in [3.63, 3.8) is 0 Å². The molecule has 0 saturated carbocycles. The van der Waals surface area contributed by atoms with Gasteiger partial charge in [-0.1, -0.05) is 6.07 Å². The van der Waals surface area contributed by atoms with E-state index in [2.05, 4.69) is 0 Å². The summed E-state index contributed by atoms with van der Waals surface area (Å²) in [6, 6.07) is 4.37. The van der Waals surface area contributed by atoms with Crippen LogP contribution in [0.4, 0.5) is 5.69 Å². The number of carbonyl (C=O) groups is 2. The predicted molar refractivity (Wildman–Crippen MR) is 103 cm³/mol. The van der Waals surface area contributed by atoms with Gasteiger partial charge in [0, 0.05) is 6.07 Å². The predicted octanol–water partition coefficient (Wildman–Crippen LogP) is 1.29. The zero-order chi connectivity index (χ0) is 22.1. The topological polar surface area (TPSA) is 139 Å². The minimum absolute atomic E-state index is 0.0476. The third-order valence-corrected chi connectivity index (χ3v) is 4.45. The lowest BCUT2D eigenvalue weighted by Gasteiger charge is -2.09. The summed E-state index contributed by atoms with van der Waals surface area (Å²) < 4.78 is 30.7. The van der Waals surface area contributed by atoms with Crippen molar-refractivity contribution in [3.05, 3.63) is 39.4 Å². The zero-order valence-electron chi connectivity index (χ0n) is 17.0. The standard InChI is InChI=1S/C20H25NO10/c22-19(3-5-26-10-16-12-28-16)30-8-14-1-2-15(18(7-14)21(24)25)9-31-20(23)4-6-27-11-17-13-29-17/h1-2,7,16-17H,3-6,8-13H2. The Labute approximate surface area is 178 Å². The molecule has 11 heteroatoms. The van der Waals surface area contributed by atoms with Crippen LogP contribution in [-0.2, 0) is 51.2 Å². The van der Waals surface area contributed by atoms with Crippen LogP contribution in [0.2, 0.25) is 0 Å². The van der Waals surface area contributed by atoms with Gasteiger partial charge in [-0.2, -0.15) is 0 Å². The summed E-state index contributed by atoms with van der Waals surface area (Å²) in [4.78, 5) is 34.3. The Bertz CT molecular complexity index is 775. The zero-order valence-corrected chi connectivity index (χ0v) is 17.0. The molecule has 2 fully saturated rings. The third-order valence-electron chi connectivity index (χ3n) is 4.45.